The van der Waals surface area contributed by atoms with E-state index in [1.165, 1.54) is 19.4 Å². The lowest BCUT2D eigenvalue weighted by Crippen LogP contribution is -2.30. The number of nitrogens with two attached hydrogens (primary N) is 1. The first-order chi connectivity index (χ1) is 9.29. The molecule has 1 aliphatic carbocycles. The second kappa shape index (κ2) is 5.31. The third-order valence-electron chi connectivity index (χ3n) is 4.66. The predicted octanol–water partition coefficient (Wildman–Crippen LogP) is 1.32. The molecule has 3 unspecified atom stereocenters. The molecule has 1 saturated heterocycles. The van der Waals surface area contributed by atoms with Crippen molar-refractivity contribution in [3.05, 3.63) is 30.4 Å². The molecule has 5 nitrogen and oxygen atoms in total. The Morgan fingerprint density at radius 1 is 1.30 bits per heavy atom. The van der Waals surface area contributed by atoms with Crippen molar-refractivity contribution in [3.8, 4) is 0 Å². The van der Waals surface area contributed by atoms with Gasteiger partial charge in [-0.05, 0) is 30.7 Å². The number of fused-ring (bicyclic) bond motifs is 2. The van der Waals surface area contributed by atoms with Gasteiger partial charge in [0.25, 0.3) is 0 Å². The highest BCUT2D eigenvalue weighted by Gasteiger charge is 2.40. The summed E-state index contributed by atoms with van der Waals surface area (Å²) >= 11 is 0. The largest absolute Gasteiger partial charge is 0.327 e. The van der Waals surface area contributed by atoms with Gasteiger partial charge in [-0.15, -0.1) is 12.4 Å². The molecule has 0 spiro atoms. The molecule has 108 valence electrons. The van der Waals surface area contributed by atoms with Crippen molar-refractivity contribution in [1.82, 2.24) is 19.3 Å². The van der Waals surface area contributed by atoms with Crippen molar-refractivity contribution in [1.29, 1.82) is 0 Å². The summed E-state index contributed by atoms with van der Waals surface area (Å²) in [7, 11) is 0. The van der Waals surface area contributed by atoms with E-state index in [0.29, 0.717) is 12.0 Å². The number of halogens is 1. The van der Waals surface area contributed by atoms with E-state index in [1.807, 2.05) is 16.7 Å². The Bertz CT molecular complexity index is 565. The molecule has 20 heavy (non-hydrogen) atoms. The van der Waals surface area contributed by atoms with Crippen LogP contribution in [0.4, 0.5) is 0 Å². The SMILES string of the molecule is Cl.NC1CCC2CN(Cc3cn4cccnc4n3)CC12. The second-order valence-electron chi connectivity index (χ2n) is 5.92. The van der Waals surface area contributed by atoms with Gasteiger partial charge in [0.15, 0.2) is 0 Å². The van der Waals surface area contributed by atoms with Gasteiger partial charge in [-0.1, -0.05) is 0 Å². The van der Waals surface area contributed by atoms with Gasteiger partial charge in [0.05, 0.1) is 5.69 Å². The average Bonchev–Trinajstić information content (AvgIpc) is 3.06. The molecule has 2 fully saturated rings. The van der Waals surface area contributed by atoms with Crippen LogP contribution in [0.5, 0.6) is 0 Å². The maximum atomic E-state index is 6.18. The van der Waals surface area contributed by atoms with Crippen LogP contribution in [0.3, 0.4) is 0 Å². The highest BCUT2D eigenvalue weighted by molar-refractivity contribution is 5.85. The lowest BCUT2D eigenvalue weighted by atomic mass is 9.98. The van der Waals surface area contributed by atoms with Gasteiger partial charge >= 0.3 is 0 Å². The highest BCUT2D eigenvalue weighted by Crippen LogP contribution is 2.37. The molecule has 0 amide bonds. The minimum atomic E-state index is 0. The lowest BCUT2D eigenvalue weighted by Gasteiger charge is -2.16. The highest BCUT2D eigenvalue weighted by atomic mass is 35.5. The van der Waals surface area contributed by atoms with Crippen LogP contribution in [0, 0.1) is 11.8 Å². The Labute approximate surface area is 124 Å². The van der Waals surface area contributed by atoms with E-state index in [0.717, 1.165) is 30.5 Å². The Hall–Kier alpha value is -1.17. The van der Waals surface area contributed by atoms with E-state index in [9.17, 15) is 0 Å². The molecule has 3 heterocycles. The molecule has 4 rings (SSSR count). The summed E-state index contributed by atoms with van der Waals surface area (Å²) in [4.78, 5) is 11.3. The first-order valence-corrected chi connectivity index (χ1v) is 7.06. The summed E-state index contributed by atoms with van der Waals surface area (Å²) in [5, 5.41) is 0. The van der Waals surface area contributed by atoms with E-state index >= 15 is 0 Å². The number of rotatable bonds is 2. The molecule has 2 N–H and O–H groups in total. The quantitative estimate of drug-likeness (QED) is 0.907. The zero-order valence-corrected chi connectivity index (χ0v) is 12.2. The van der Waals surface area contributed by atoms with Crippen molar-refractivity contribution >= 4 is 18.2 Å². The second-order valence-corrected chi connectivity index (χ2v) is 5.92. The van der Waals surface area contributed by atoms with Crippen molar-refractivity contribution in [2.24, 2.45) is 17.6 Å². The van der Waals surface area contributed by atoms with Crippen molar-refractivity contribution in [2.45, 2.75) is 25.4 Å². The summed E-state index contributed by atoms with van der Waals surface area (Å²) in [6, 6.07) is 2.34. The molecule has 6 heteroatoms. The maximum Gasteiger partial charge on any atom is 0.233 e. The number of hydrogen-bond acceptors (Lipinski definition) is 4. The Kier molecular flexibility index (Phi) is 3.67. The number of imidazole rings is 1. The summed E-state index contributed by atoms with van der Waals surface area (Å²) in [6.07, 6.45) is 8.37. The van der Waals surface area contributed by atoms with Crippen LogP contribution in [0.15, 0.2) is 24.7 Å². The van der Waals surface area contributed by atoms with Crippen LogP contribution in [0.25, 0.3) is 5.78 Å². The number of aromatic nitrogens is 3. The third-order valence-corrected chi connectivity index (χ3v) is 4.66. The molecule has 2 aromatic rings. The molecule has 0 bridgehead atoms. The third kappa shape index (κ3) is 2.30. The molecule has 0 aromatic carbocycles. The minimum absolute atomic E-state index is 0. The van der Waals surface area contributed by atoms with Crippen LogP contribution in [-0.2, 0) is 6.54 Å². The van der Waals surface area contributed by atoms with E-state index in [1.54, 1.807) is 6.20 Å². The fraction of sp³-hybridized carbons (Fsp3) is 0.571. The van der Waals surface area contributed by atoms with Gasteiger partial charge in [0.2, 0.25) is 5.78 Å². The standard InChI is InChI=1S/C14H19N5.ClH/c15-13-3-2-10-6-18(9-12(10)13)7-11-8-19-5-1-4-16-14(19)17-11;/h1,4-5,8,10,12-13H,2-3,6-7,9,15H2;1H. The molecule has 0 radical (unpaired) electrons. The van der Waals surface area contributed by atoms with Gasteiger partial charge in [-0.2, -0.15) is 0 Å². The van der Waals surface area contributed by atoms with E-state index in [-0.39, 0.29) is 12.4 Å². The van der Waals surface area contributed by atoms with Crippen LogP contribution in [0.2, 0.25) is 0 Å². The number of hydrogen-bond donors (Lipinski definition) is 1. The van der Waals surface area contributed by atoms with Gasteiger partial charge in [0, 0.05) is 44.3 Å². The van der Waals surface area contributed by atoms with Gasteiger partial charge in [-0.3, -0.25) is 9.30 Å². The molecular weight excluding hydrogens is 274 g/mol. The van der Waals surface area contributed by atoms with Crippen molar-refractivity contribution in [3.63, 3.8) is 0 Å². The van der Waals surface area contributed by atoms with E-state index in [4.69, 9.17) is 5.73 Å². The average molecular weight is 294 g/mol. The number of nitrogens with zero attached hydrogens (tertiary/aromatic N) is 4. The van der Waals surface area contributed by atoms with Gasteiger partial charge < -0.3 is 5.73 Å². The van der Waals surface area contributed by atoms with E-state index < -0.39 is 0 Å². The number of likely N-dealkylation sites (tertiary alicyclic amines) is 1. The molecule has 1 aliphatic heterocycles. The minimum Gasteiger partial charge on any atom is -0.327 e. The smallest absolute Gasteiger partial charge is 0.233 e. The van der Waals surface area contributed by atoms with Crippen molar-refractivity contribution < 1.29 is 0 Å². The van der Waals surface area contributed by atoms with Crippen molar-refractivity contribution in [2.75, 3.05) is 13.1 Å². The molecule has 1 saturated carbocycles. The first kappa shape index (κ1) is 13.8. The molecular formula is C14H20ClN5. The molecule has 2 aliphatic rings. The maximum absolute atomic E-state index is 6.18. The Morgan fingerprint density at radius 2 is 2.20 bits per heavy atom. The van der Waals surface area contributed by atoms with Gasteiger partial charge in [-0.25, -0.2) is 9.97 Å². The van der Waals surface area contributed by atoms with Crippen LogP contribution >= 0.6 is 12.4 Å². The predicted molar refractivity (Wildman–Crippen MR) is 79.7 cm³/mol. The Morgan fingerprint density at radius 3 is 3.00 bits per heavy atom. The Balaban J connectivity index is 0.00000121. The summed E-state index contributed by atoms with van der Waals surface area (Å²) in [5.41, 5.74) is 7.28. The van der Waals surface area contributed by atoms with Crippen LogP contribution in [0.1, 0.15) is 18.5 Å². The van der Waals surface area contributed by atoms with Crippen LogP contribution in [-0.4, -0.2) is 38.4 Å². The zero-order chi connectivity index (χ0) is 12.8. The monoisotopic (exact) mass is 293 g/mol. The molecule has 2 aromatic heterocycles. The first-order valence-electron chi connectivity index (χ1n) is 7.06. The lowest BCUT2D eigenvalue weighted by molar-refractivity contribution is 0.295. The summed E-state index contributed by atoms with van der Waals surface area (Å²) in [5.74, 6) is 2.30. The zero-order valence-electron chi connectivity index (χ0n) is 11.4. The van der Waals surface area contributed by atoms with Crippen LogP contribution < -0.4 is 5.73 Å². The molecule has 3 atom stereocenters. The topological polar surface area (TPSA) is 59.5 Å². The fourth-order valence-corrected chi connectivity index (χ4v) is 3.71. The van der Waals surface area contributed by atoms with E-state index in [2.05, 4.69) is 21.1 Å². The summed E-state index contributed by atoms with van der Waals surface area (Å²) in [6.45, 7) is 3.23. The summed E-state index contributed by atoms with van der Waals surface area (Å²) < 4.78 is 1.98. The normalized spacial score (nSPS) is 29.6. The van der Waals surface area contributed by atoms with Gasteiger partial charge in [0.1, 0.15) is 0 Å². The fourth-order valence-electron chi connectivity index (χ4n) is 3.71.